The van der Waals surface area contributed by atoms with Crippen molar-refractivity contribution < 1.29 is 18.7 Å². The van der Waals surface area contributed by atoms with Crippen molar-refractivity contribution in [3.05, 3.63) is 24.0 Å². The number of piperazine rings is 1. The second-order valence-corrected chi connectivity index (χ2v) is 10.8. The molecule has 0 radical (unpaired) electrons. The van der Waals surface area contributed by atoms with Gasteiger partial charge in [0.2, 0.25) is 11.8 Å². The summed E-state index contributed by atoms with van der Waals surface area (Å²) in [5, 5.41) is 0. The van der Waals surface area contributed by atoms with Gasteiger partial charge in [0.05, 0.1) is 17.7 Å². The summed E-state index contributed by atoms with van der Waals surface area (Å²) in [6.45, 7) is 5.41. The number of nitrogens with zero attached hydrogens (tertiary/aromatic N) is 4. The number of benzene rings is 1. The average molecular weight is 523 g/mol. The highest BCUT2D eigenvalue weighted by atomic mass is 35.5. The van der Waals surface area contributed by atoms with Gasteiger partial charge in [0.15, 0.2) is 0 Å². The summed E-state index contributed by atoms with van der Waals surface area (Å²) in [5.74, 6) is 0.370. The standard InChI is InChI=1S/C27H39FN4O3.ClH/c1-29(22-8-9-22)19-20-17-26(33)32(27(20)34)12-4-11-30-13-15-31(16-14-30)24-18-21(28)7-10-25(24)35-23-5-2-3-6-23;/h7,10,18,20,22-23H,2-6,8-9,11-17,19H2,1H3;1H. The molecule has 0 bridgehead atoms. The van der Waals surface area contributed by atoms with Crippen molar-refractivity contribution in [3.8, 4) is 5.75 Å². The number of carbonyl (C=O) groups is 2. The fraction of sp³-hybridized carbons (Fsp3) is 0.704. The summed E-state index contributed by atoms with van der Waals surface area (Å²) < 4.78 is 20.3. The van der Waals surface area contributed by atoms with E-state index in [9.17, 15) is 14.0 Å². The van der Waals surface area contributed by atoms with Crippen molar-refractivity contribution in [2.24, 2.45) is 5.92 Å². The largest absolute Gasteiger partial charge is 0.488 e. The summed E-state index contributed by atoms with van der Waals surface area (Å²) in [5.41, 5.74) is 0.854. The minimum atomic E-state index is -0.234. The minimum Gasteiger partial charge on any atom is -0.488 e. The molecule has 1 aromatic rings. The maximum absolute atomic E-state index is 14.1. The van der Waals surface area contributed by atoms with Crippen LogP contribution in [0.25, 0.3) is 0 Å². The fourth-order valence-corrected chi connectivity index (χ4v) is 5.83. The molecule has 7 nitrogen and oxygen atoms in total. The van der Waals surface area contributed by atoms with Crippen LogP contribution in [0, 0.1) is 11.7 Å². The smallest absolute Gasteiger partial charge is 0.234 e. The van der Waals surface area contributed by atoms with E-state index in [1.54, 1.807) is 12.1 Å². The van der Waals surface area contributed by atoms with Crippen LogP contribution in [0.2, 0.25) is 0 Å². The Morgan fingerprint density at radius 2 is 1.75 bits per heavy atom. The number of ether oxygens (including phenoxy) is 1. The van der Waals surface area contributed by atoms with Crippen molar-refractivity contribution in [2.45, 2.75) is 63.5 Å². The highest BCUT2D eigenvalue weighted by Gasteiger charge is 2.40. The molecule has 4 fully saturated rings. The second kappa shape index (κ2) is 12.1. The van der Waals surface area contributed by atoms with Crippen LogP contribution < -0.4 is 9.64 Å². The van der Waals surface area contributed by atoms with Gasteiger partial charge in [-0.2, -0.15) is 0 Å². The summed E-state index contributed by atoms with van der Waals surface area (Å²) in [6, 6.07) is 5.46. The van der Waals surface area contributed by atoms with Crippen LogP contribution in [0.4, 0.5) is 10.1 Å². The summed E-state index contributed by atoms with van der Waals surface area (Å²) in [6.07, 6.45) is 8.35. The Labute approximate surface area is 220 Å². The second-order valence-electron chi connectivity index (χ2n) is 10.8. The average Bonchev–Trinajstić information content (AvgIpc) is 3.52. The van der Waals surface area contributed by atoms with Gasteiger partial charge in [-0.1, -0.05) is 0 Å². The molecule has 9 heteroatoms. The van der Waals surface area contributed by atoms with E-state index >= 15 is 0 Å². The highest BCUT2D eigenvalue weighted by Crippen LogP contribution is 2.34. The first-order valence-electron chi connectivity index (χ1n) is 13.5. The van der Waals surface area contributed by atoms with Gasteiger partial charge < -0.3 is 14.5 Å². The summed E-state index contributed by atoms with van der Waals surface area (Å²) in [7, 11) is 2.06. The van der Waals surface area contributed by atoms with E-state index < -0.39 is 0 Å². The highest BCUT2D eigenvalue weighted by molar-refractivity contribution is 6.03. The third-order valence-corrected chi connectivity index (χ3v) is 8.10. The van der Waals surface area contributed by atoms with Gasteiger partial charge in [0, 0.05) is 57.8 Å². The van der Waals surface area contributed by atoms with Gasteiger partial charge in [-0.05, 0) is 70.7 Å². The Morgan fingerprint density at radius 3 is 2.44 bits per heavy atom. The molecule has 0 spiro atoms. The zero-order chi connectivity index (χ0) is 24.4. The monoisotopic (exact) mass is 522 g/mol. The van der Waals surface area contributed by atoms with E-state index in [1.807, 2.05) is 0 Å². The Hall–Kier alpha value is -1.90. The van der Waals surface area contributed by atoms with E-state index in [2.05, 4.69) is 21.7 Å². The van der Waals surface area contributed by atoms with E-state index in [4.69, 9.17) is 4.74 Å². The number of carbonyl (C=O) groups excluding carboxylic acids is 2. The van der Waals surface area contributed by atoms with Gasteiger partial charge in [-0.3, -0.25) is 19.4 Å². The van der Waals surface area contributed by atoms with Crippen LogP contribution in [0.3, 0.4) is 0 Å². The van der Waals surface area contributed by atoms with Crippen LogP contribution in [-0.4, -0.2) is 91.5 Å². The van der Waals surface area contributed by atoms with Crippen LogP contribution in [0.1, 0.15) is 51.4 Å². The Balaban J connectivity index is 0.00000304. The number of anilines is 1. The Kier molecular flexibility index (Phi) is 9.12. The van der Waals surface area contributed by atoms with Crippen LogP contribution in [0.15, 0.2) is 18.2 Å². The first kappa shape index (κ1) is 27.1. The molecule has 0 aromatic heterocycles. The molecule has 0 N–H and O–H groups in total. The van der Waals surface area contributed by atoms with Crippen molar-refractivity contribution in [1.29, 1.82) is 0 Å². The molecule has 4 aliphatic rings. The van der Waals surface area contributed by atoms with E-state index in [1.165, 1.54) is 36.6 Å². The maximum atomic E-state index is 14.1. The number of hydrogen-bond acceptors (Lipinski definition) is 6. The number of hydrogen-bond donors (Lipinski definition) is 0. The predicted octanol–water partition coefficient (Wildman–Crippen LogP) is 3.55. The SMILES string of the molecule is CN(CC1CC(=O)N(CCCN2CCN(c3cc(F)ccc3OC3CCCC3)CC2)C1=O)C1CC1.Cl. The zero-order valence-corrected chi connectivity index (χ0v) is 22.2. The summed E-state index contributed by atoms with van der Waals surface area (Å²) >= 11 is 0. The van der Waals surface area contributed by atoms with E-state index in [-0.39, 0.29) is 42.1 Å². The van der Waals surface area contributed by atoms with Crippen LogP contribution in [0.5, 0.6) is 5.75 Å². The lowest BCUT2D eigenvalue weighted by molar-refractivity contribution is -0.139. The third kappa shape index (κ3) is 6.50. The Bertz CT molecular complexity index is 916. The number of likely N-dealkylation sites (tertiary alicyclic amines) is 1. The molecular formula is C27H40ClFN4O3. The molecule has 2 aliphatic heterocycles. The molecule has 2 heterocycles. The van der Waals surface area contributed by atoms with Gasteiger partial charge in [0.1, 0.15) is 11.6 Å². The van der Waals surface area contributed by atoms with Gasteiger partial charge >= 0.3 is 0 Å². The first-order chi connectivity index (χ1) is 17.0. The van der Waals surface area contributed by atoms with E-state index in [0.717, 1.165) is 63.4 Å². The molecule has 2 aliphatic carbocycles. The van der Waals surface area contributed by atoms with Crippen molar-refractivity contribution >= 4 is 29.9 Å². The molecule has 1 atom stereocenters. The van der Waals surface area contributed by atoms with Crippen LogP contribution >= 0.6 is 12.4 Å². The van der Waals surface area contributed by atoms with Gasteiger partial charge in [-0.15, -0.1) is 12.4 Å². The fourth-order valence-electron chi connectivity index (χ4n) is 5.83. The lowest BCUT2D eigenvalue weighted by atomic mass is 10.1. The molecule has 2 amide bonds. The number of rotatable bonds is 10. The normalized spacial score (nSPS) is 23.6. The first-order valence-corrected chi connectivity index (χ1v) is 13.5. The molecule has 36 heavy (non-hydrogen) atoms. The molecular weight excluding hydrogens is 483 g/mol. The summed E-state index contributed by atoms with van der Waals surface area (Å²) in [4.78, 5) is 33.5. The zero-order valence-electron chi connectivity index (χ0n) is 21.4. The lowest BCUT2D eigenvalue weighted by Crippen LogP contribution is -2.47. The number of amides is 2. The molecule has 2 saturated carbocycles. The molecule has 1 aromatic carbocycles. The van der Waals surface area contributed by atoms with Crippen molar-refractivity contribution in [1.82, 2.24) is 14.7 Å². The van der Waals surface area contributed by atoms with Gasteiger partial charge in [0.25, 0.3) is 0 Å². The molecule has 2 saturated heterocycles. The van der Waals surface area contributed by atoms with Crippen molar-refractivity contribution in [2.75, 3.05) is 57.8 Å². The maximum Gasteiger partial charge on any atom is 0.234 e. The van der Waals surface area contributed by atoms with Crippen molar-refractivity contribution in [3.63, 3.8) is 0 Å². The minimum absolute atomic E-state index is 0. The van der Waals surface area contributed by atoms with Crippen LogP contribution in [-0.2, 0) is 9.59 Å². The Morgan fingerprint density at radius 1 is 1.03 bits per heavy atom. The molecule has 200 valence electrons. The molecule has 1 unspecified atom stereocenters. The molecule has 5 rings (SSSR count). The topological polar surface area (TPSA) is 56.3 Å². The number of imide groups is 1. The third-order valence-electron chi connectivity index (χ3n) is 8.10. The van der Waals surface area contributed by atoms with E-state index in [0.29, 0.717) is 25.6 Å². The predicted molar refractivity (Wildman–Crippen MR) is 140 cm³/mol. The van der Waals surface area contributed by atoms with Gasteiger partial charge in [-0.25, -0.2) is 4.39 Å². The lowest BCUT2D eigenvalue weighted by Gasteiger charge is -2.37. The number of halogens is 2. The quantitative estimate of drug-likeness (QED) is 0.438.